The van der Waals surface area contributed by atoms with Gasteiger partial charge in [0.1, 0.15) is 11.1 Å². The zero-order chi connectivity index (χ0) is 14.4. The Labute approximate surface area is 127 Å². The molecule has 0 aromatic carbocycles. The number of nitrogens with one attached hydrogen (secondary N) is 1. The number of nitrogens with zero attached hydrogens (tertiary/aromatic N) is 1. The van der Waals surface area contributed by atoms with Gasteiger partial charge >= 0.3 is 0 Å². The van der Waals surface area contributed by atoms with E-state index < -0.39 is 0 Å². The van der Waals surface area contributed by atoms with E-state index in [0.29, 0.717) is 10.9 Å². The van der Waals surface area contributed by atoms with Crippen LogP contribution in [0.2, 0.25) is 5.02 Å². The van der Waals surface area contributed by atoms with Crippen LogP contribution in [-0.2, 0) is 6.54 Å². The molecule has 1 aliphatic carbocycles. The minimum Gasteiger partial charge on any atom is -0.473 e. The van der Waals surface area contributed by atoms with Crippen LogP contribution in [0, 0.1) is 5.92 Å². The topological polar surface area (TPSA) is 34.2 Å². The van der Waals surface area contributed by atoms with E-state index in [4.69, 9.17) is 16.3 Å². The quantitative estimate of drug-likeness (QED) is 0.854. The largest absolute Gasteiger partial charge is 0.473 e. The van der Waals surface area contributed by atoms with Gasteiger partial charge in [-0.1, -0.05) is 38.3 Å². The summed E-state index contributed by atoms with van der Waals surface area (Å²) < 4.78 is 6.01. The SMILES string of the molecule is CCNCc1cnc(OC2CCCC(CC)C2)c(Cl)c1. The molecule has 2 unspecified atom stereocenters. The number of ether oxygens (including phenoxy) is 1. The lowest BCUT2D eigenvalue weighted by molar-refractivity contribution is 0.117. The Hall–Kier alpha value is -0.800. The first-order chi connectivity index (χ1) is 9.72. The Kier molecular flexibility index (Phi) is 6.11. The molecular weight excluding hydrogens is 272 g/mol. The second kappa shape index (κ2) is 7.84. The van der Waals surface area contributed by atoms with Gasteiger partial charge in [0.25, 0.3) is 0 Å². The molecule has 112 valence electrons. The minimum atomic E-state index is 0.276. The van der Waals surface area contributed by atoms with Crippen molar-refractivity contribution < 1.29 is 4.74 Å². The molecule has 0 bridgehead atoms. The Morgan fingerprint density at radius 1 is 1.40 bits per heavy atom. The molecule has 0 aliphatic heterocycles. The molecule has 1 aromatic heterocycles. The standard InChI is InChI=1S/C16H25ClN2O/c1-3-12-6-5-7-14(8-12)20-16-15(17)9-13(11-19-16)10-18-4-2/h9,11-12,14,18H,3-8,10H2,1-2H3. The third kappa shape index (κ3) is 4.35. The molecule has 0 radical (unpaired) electrons. The molecule has 0 amide bonds. The highest BCUT2D eigenvalue weighted by molar-refractivity contribution is 6.31. The van der Waals surface area contributed by atoms with Gasteiger partial charge in [-0.05, 0) is 43.4 Å². The average molecular weight is 297 g/mol. The first-order valence-corrected chi connectivity index (χ1v) is 8.12. The Bertz CT molecular complexity index is 425. The fraction of sp³-hybridized carbons (Fsp3) is 0.688. The van der Waals surface area contributed by atoms with E-state index in [1.165, 1.54) is 19.3 Å². The van der Waals surface area contributed by atoms with Crippen LogP contribution in [0.1, 0.15) is 51.5 Å². The van der Waals surface area contributed by atoms with Gasteiger partial charge in [0, 0.05) is 12.7 Å². The molecule has 4 heteroatoms. The summed E-state index contributed by atoms with van der Waals surface area (Å²) in [6.45, 7) is 6.08. The Morgan fingerprint density at radius 2 is 2.25 bits per heavy atom. The van der Waals surface area contributed by atoms with E-state index in [2.05, 4.69) is 24.1 Å². The first-order valence-electron chi connectivity index (χ1n) is 7.74. The predicted octanol–water partition coefficient (Wildman–Crippen LogP) is 4.19. The van der Waals surface area contributed by atoms with Crippen LogP contribution in [0.3, 0.4) is 0 Å². The highest BCUT2D eigenvalue weighted by atomic mass is 35.5. The van der Waals surface area contributed by atoms with Crippen molar-refractivity contribution in [3.63, 3.8) is 0 Å². The zero-order valence-corrected chi connectivity index (χ0v) is 13.2. The molecule has 20 heavy (non-hydrogen) atoms. The van der Waals surface area contributed by atoms with Gasteiger partial charge in [-0.25, -0.2) is 4.98 Å². The first kappa shape index (κ1) is 15.6. The summed E-state index contributed by atoms with van der Waals surface area (Å²) >= 11 is 6.28. The van der Waals surface area contributed by atoms with E-state index in [1.54, 1.807) is 0 Å². The molecule has 1 N–H and O–H groups in total. The number of hydrogen-bond donors (Lipinski definition) is 1. The minimum absolute atomic E-state index is 0.276. The smallest absolute Gasteiger partial charge is 0.232 e. The molecule has 1 heterocycles. The van der Waals surface area contributed by atoms with Gasteiger partial charge in [-0.2, -0.15) is 0 Å². The maximum Gasteiger partial charge on any atom is 0.232 e. The van der Waals surface area contributed by atoms with Gasteiger partial charge in [-0.3, -0.25) is 0 Å². The fourth-order valence-corrected chi connectivity index (χ4v) is 3.03. The number of hydrogen-bond acceptors (Lipinski definition) is 3. The number of pyridine rings is 1. The van der Waals surface area contributed by atoms with Gasteiger partial charge in [0.2, 0.25) is 5.88 Å². The molecule has 0 saturated heterocycles. The molecule has 2 rings (SSSR count). The lowest BCUT2D eigenvalue weighted by atomic mass is 9.85. The molecule has 0 spiro atoms. The maximum atomic E-state index is 6.28. The highest BCUT2D eigenvalue weighted by Crippen LogP contribution is 2.31. The molecule has 2 atom stereocenters. The lowest BCUT2D eigenvalue weighted by Crippen LogP contribution is -2.25. The van der Waals surface area contributed by atoms with Crippen molar-refractivity contribution in [1.82, 2.24) is 10.3 Å². The van der Waals surface area contributed by atoms with E-state index in [9.17, 15) is 0 Å². The van der Waals surface area contributed by atoms with Crippen LogP contribution in [0.25, 0.3) is 0 Å². The van der Waals surface area contributed by atoms with Gasteiger partial charge in [-0.15, -0.1) is 0 Å². The summed E-state index contributed by atoms with van der Waals surface area (Å²) in [5.74, 6) is 1.38. The van der Waals surface area contributed by atoms with Crippen molar-refractivity contribution in [2.45, 2.75) is 58.6 Å². The summed E-state index contributed by atoms with van der Waals surface area (Å²) in [7, 11) is 0. The van der Waals surface area contributed by atoms with E-state index in [0.717, 1.165) is 37.4 Å². The third-order valence-electron chi connectivity index (χ3n) is 4.03. The summed E-state index contributed by atoms with van der Waals surface area (Å²) in [5, 5.41) is 3.89. The van der Waals surface area contributed by atoms with E-state index >= 15 is 0 Å². The summed E-state index contributed by atoms with van der Waals surface area (Å²) in [6.07, 6.45) is 8.20. The molecule has 1 aromatic rings. The Morgan fingerprint density at radius 3 is 2.95 bits per heavy atom. The van der Waals surface area contributed by atoms with Crippen molar-refractivity contribution in [3.8, 4) is 5.88 Å². The van der Waals surface area contributed by atoms with Crippen molar-refractivity contribution in [2.24, 2.45) is 5.92 Å². The summed E-state index contributed by atoms with van der Waals surface area (Å²) in [5.41, 5.74) is 1.10. The summed E-state index contributed by atoms with van der Waals surface area (Å²) in [4.78, 5) is 4.38. The lowest BCUT2D eigenvalue weighted by Gasteiger charge is -2.28. The van der Waals surface area contributed by atoms with Gasteiger partial charge in [0.15, 0.2) is 0 Å². The van der Waals surface area contributed by atoms with Crippen molar-refractivity contribution in [3.05, 3.63) is 22.8 Å². The van der Waals surface area contributed by atoms with Crippen LogP contribution in [-0.4, -0.2) is 17.6 Å². The van der Waals surface area contributed by atoms with Gasteiger partial charge in [0.05, 0.1) is 0 Å². The van der Waals surface area contributed by atoms with Crippen LogP contribution in [0.15, 0.2) is 12.3 Å². The van der Waals surface area contributed by atoms with Crippen LogP contribution in [0.4, 0.5) is 0 Å². The number of aromatic nitrogens is 1. The van der Waals surface area contributed by atoms with E-state index in [1.807, 2.05) is 12.3 Å². The van der Waals surface area contributed by atoms with Gasteiger partial charge < -0.3 is 10.1 Å². The monoisotopic (exact) mass is 296 g/mol. The fourth-order valence-electron chi connectivity index (χ4n) is 2.80. The number of halogens is 1. The normalized spacial score (nSPS) is 22.8. The second-order valence-corrected chi connectivity index (χ2v) is 6.00. The third-order valence-corrected chi connectivity index (χ3v) is 4.30. The molecular formula is C16H25ClN2O. The van der Waals surface area contributed by atoms with Crippen molar-refractivity contribution in [2.75, 3.05) is 6.54 Å². The average Bonchev–Trinajstić information content (AvgIpc) is 2.48. The predicted molar refractivity (Wildman–Crippen MR) is 83.3 cm³/mol. The molecule has 1 aliphatic rings. The molecule has 1 saturated carbocycles. The Balaban J connectivity index is 1.95. The number of rotatable bonds is 6. The van der Waals surface area contributed by atoms with Crippen molar-refractivity contribution in [1.29, 1.82) is 0 Å². The zero-order valence-electron chi connectivity index (χ0n) is 12.5. The van der Waals surface area contributed by atoms with Crippen LogP contribution >= 0.6 is 11.6 Å². The summed E-state index contributed by atoms with van der Waals surface area (Å²) in [6, 6.07) is 1.95. The molecule has 3 nitrogen and oxygen atoms in total. The second-order valence-electron chi connectivity index (χ2n) is 5.59. The van der Waals surface area contributed by atoms with Crippen LogP contribution < -0.4 is 10.1 Å². The van der Waals surface area contributed by atoms with E-state index in [-0.39, 0.29) is 6.10 Å². The highest BCUT2D eigenvalue weighted by Gasteiger charge is 2.23. The van der Waals surface area contributed by atoms with Crippen LogP contribution in [0.5, 0.6) is 5.88 Å². The maximum absolute atomic E-state index is 6.28. The molecule has 1 fully saturated rings. The van der Waals surface area contributed by atoms with Crippen molar-refractivity contribution >= 4 is 11.6 Å².